The van der Waals surface area contributed by atoms with Gasteiger partial charge < -0.3 is 19.1 Å². The Morgan fingerprint density at radius 2 is 1.89 bits per heavy atom. The van der Waals surface area contributed by atoms with Crippen LogP contribution in [0.1, 0.15) is 5.56 Å². The minimum Gasteiger partial charge on any atom is -0.378 e. The number of anilines is 1. The SMILES string of the molecule is CN1C(=S)N(c2ccc(Cl)cc2)C(=O)/C1=C/c1cn(CC(=O)N2CCOCC2)c2ccc(Br)cc12. The zero-order valence-corrected chi connectivity index (χ0v) is 22.1. The summed E-state index contributed by atoms with van der Waals surface area (Å²) in [6, 6.07) is 12.9. The molecular formula is C25H22BrClN4O3S. The maximum Gasteiger partial charge on any atom is 0.281 e. The summed E-state index contributed by atoms with van der Waals surface area (Å²) in [4.78, 5) is 31.4. The number of halogens is 2. The summed E-state index contributed by atoms with van der Waals surface area (Å²) >= 11 is 15.1. The third-order valence-corrected chi connectivity index (χ3v) is 7.38. The standard InChI is InChI=1S/C25H22BrClN4O3S/c1-28-22(24(33)31(25(28)35)19-5-3-18(27)4-6-19)12-16-14-30(21-7-2-17(26)13-20(16)21)15-23(32)29-8-10-34-11-9-29/h2-7,12-14H,8-11,15H2,1H3/b22-12-. The van der Waals surface area contributed by atoms with Gasteiger partial charge in [0, 0.05) is 52.3 Å². The van der Waals surface area contributed by atoms with Crippen LogP contribution in [-0.2, 0) is 20.9 Å². The van der Waals surface area contributed by atoms with Crippen molar-refractivity contribution in [2.45, 2.75) is 6.54 Å². The topological polar surface area (TPSA) is 58.0 Å². The molecular weight excluding hydrogens is 552 g/mol. The van der Waals surface area contributed by atoms with Crippen LogP contribution < -0.4 is 4.90 Å². The summed E-state index contributed by atoms with van der Waals surface area (Å²) in [5.41, 5.74) is 2.84. The minimum absolute atomic E-state index is 0.0384. The molecule has 2 aliphatic rings. The zero-order valence-electron chi connectivity index (χ0n) is 18.9. The predicted molar refractivity (Wildman–Crippen MR) is 144 cm³/mol. The number of aromatic nitrogens is 1. The van der Waals surface area contributed by atoms with E-state index >= 15 is 0 Å². The Labute approximate surface area is 221 Å². The number of hydrogen-bond acceptors (Lipinski definition) is 4. The zero-order chi connectivity index (χ0) is 24.7. The van der Waals surface area contributed by atoms with Crippen molar-refractivity contribution in [1.82, 2.24) is 14.4 Å². The monoisotopic (exact) mass is 572 g/mol. The van der Waals surface area contributed by atoms with E-state index in [-0.39, 0.29) is 18.4 Å². The van der Waals surface area contributed by atoms with Crippen LogP contribution in [-0.4, -0.2) is 64.6 Å². The maximum atomic E-state index is 13.4. The number of benzene rings is 2. The van der Waals surface area contributed by atoms with Gasteiger partial charge in [-0.1, -0.05) is 27.5 Å². The molecule has 35 heavy (non-hydrogen) atoms. The van der Waals surface area contributed by atoms with Gasteiger partial charge in [0.1, 0.15) is 12.2 Å². The van der Waals surface area contributed by atoms with Crippen LogP contribution in [0.25, 0.3) is 17.0 Å². The predicted octanol–water partition coefficient (Wildman–Crippen LogP) is 4.52. The number of ether oxygens (including phenoxy) is 1. The molecule has 0 bridgehead atoms. The highest BCUT2D eigenvalue weighted by atomic mass is 79.9. The average molecular weight is 574 g/mol. The number of carbonyl (C=O) groups excluding carboxylic acids is 2. The minimum atomic E-state index is -0.222. The van der Waals surface area contributed by atoms with Crippen molar-refractivity contribution in [2.24, 2.45) is 0 Å². The van der Waals surface area contributed by atoms with Gasteiger partial charge in [0.15, 0.2) is 5.11 Å². The molecule has 2 amide bonds. The van der Waals surface area contributed by atoms with Crippen molar-refractivity contribution in [3.63, 3.8) is 0 Å². The first-order chi connectivity index (χ1) is 16.8. The number of carbonyl (C=O) groups is 2. The summed E-state index contributed by atoms with van der Waals surface area (Å²) in [5.74, 6) is -0.184. The fraction of sp³-hybridized carbons (Fsp3) is 0.240. The normalized spacial score (nSPS) is 17.8. The first kappa shape index (κ1) is 24.0. The van der Waals surface area contributed by atoms with Crippen molar-refractivity contribution in [3.05, 3.63) is 69.4 Å². The van der Waals surface area contributed by atoms with Gasteiger partial charge in [-0.25, -0.2) is 0 Å². The Bertz CT molecular complexity index is 1370. The molecule has 10 heteroatoms. The Kier molecular flexibility index (Phi) is 6.67. The fourth-order valence-electron chi connectivity index (χ4n) is 4.32. The number of morpholine rings is 1. The van der Waals surface area contributed by atoms with Crippen molar-refractivity contribution in [2.75, 3.05) is 38.3 Å². The van der Waals surface area contributed by atoms with Crippen LogP contribution in [0.15, 0.2) is 58.8 Å². The number of hydrogen-bond donors (Lipinski definition) is 0. The second-order valence-corrected chi connectivity index (χ2v) is 10.1. The Morgan fingerprint density at radius 3 is 2.60 bits per heavy atom. The number of rotatable bonds is 4. The van der Waals surface area contributed by atoms with E-state index in [0.717, 1.165) is 20.9 Å². The molecule has 7 nitrogen and oxygen atoms in total. The number of thiocarbonyl (C=S) groups is 1. The van der Waals surface area contributed by atoms with E-state index in [9.17, 15) is 9.59 Å². The number of likely N-dealkylation sites (N-methyl/N-ethyl adjacent to an activating group) is 1. The molecule has 2 aromatic carbocycles. The van der Waals surface area contributed by atoms with E-state index in [1.807, 2.05) is 39.9 Å². The number of fused-ring (bicyclic) bond motifs is 1. The molecule has 180 valence electrons. The van der Waals surface area contributed by atoms with Gasteiger partial charge in [-0.05, 0) is 60.8 Å². The third kappa shape index (κ3) is 4.61. The van der Waals surface area contributed by atoms with Gasteiger partial charge in [0.05, 0.1) is 18.9 Å². The molecule has 2 fully saturated rings. The molecule has 2 saturated heterocycles. The van der Waals surface area contributed by atoms with E-state index in [4.69, 9.17) is 28.6 Å². The molecule has 3 heterocycles. The lowest BCUT2D eigenvalue weighted by atomic mass is 10.1. The largest absolute Gasteiger partial charge is 0.378 e. The van der Waals surface area contributed by atoms with Gasteiger partial charge in [0.2, 0.25) is 5.91 Å². The molecule has 0 aliphatic carbocycles. The smallest absolute Gasteiger partial charge is 0.281 e. The van der Waals surface area contributed by atoms with Crippen molar-refractivity contribution < 1.29 is 14.3 Å². The summed E-state index contributed by atoms with van der Waals surface area (Å²) in [5, 5.41) is 1.90. The van der Waals surface area contributed by atoms with Crippen LogP contribution in [0, 0.1) is 0 Å². The van der Waals surface area contributed by atoms with E-state index in [1.165, 1.54) is 4.90 Å². The fourth-order valence-corrected chi connectivity index (χ4v) is 5.10. The molecule has 0 saturated carbocycles. The number of amides is 2. The molecule has 0 unspecified atom stereocenters. The summed E-state index contributed by atoms with van der Waals surface area (Å²) in [6.07, 6.45) is 3.74. The van der Waals surface area contributed by atoms with Crippen molar-refractivity contribution >= 4 is 79.3 Å². The Balaban J connectivity index is 1.51. The van der Waals surface area contributed by atoms with Crippen molar-refractivity contribution in [3.8, 4) is 0 Å². The summed E-state index contributed by atoms with van der Waals surface area (Å²) in [7, 11) is 1.78. The number of nitrogens with zero attached hydrogens (tertiary/aromatic N) is 4. The molecule has 0 spiro atoms. The second-order valence-electron chi connectivity index (χ2n) is 8.36. The van der Waals surface area contributed by atoms with E-state index in [2.05, 4.69) is 15.9 Å². The molecule has 0 radical (unpaired) electrons. The second kappa shape index (κ2) is 9.73. The Morgan fingerprint density at radius 1 is 1.17 bits per heavy atom. The van der Waals surface area contributed by atoms with E-state index < -0.39 is 0 Å². The third-order valence-electron chi connectivity index (χ3n) is 6.18. The molecule has 0 atom stereocenters. The maximum absolute atomic E-state index is 13.4. The van der Waals surface area contributed by atoms with Crippen LogP contribution in [0.5, 0.6) is 0 Å². The highest BCUT2D eigenvalue weighted by molar-refractivity contribution is 9.10. The van der Waals surface area contributed by atoms with Crippen LogP contribution in [0.3, 0.4) is 0 Å². The molecule has 0 N–H and O–H groups in total. The molecule has 1 aromatic heterocycles. The summed E-state index contributed by atoms with van der Waals surface area (Å²) in [6.45, 7) is 2.51. The van der Waals surface area contributed by atoms with Gasteiger partial charge in [-0.3, -0.25) is 14.5 Å². The lowest BCUT2D eigenvalue weighted by molar-refractivity contribution is -0.135. The lowest BCUT2D eigenvalue weighted by Crippen LogP contribution is -2.42. The van der Waals surface area contributed by atoms with E-state index in [0.29, 0.717) is 47.8 Å². The van der Waals surface area contributed by atoms with Gasteiger partial charge in [-0.2, -0.15) is 0 Å². The molecule has 2 aliphatic heterocycles. The van der Waals surface area contributed by atoms with Gasteiger partial charge >= 0.3 is 0 Å². The molecule has 3 aromatic rings. The van der Waals surface area contributed by atoms with Crippen LogP contribution in [0.2, 0.25) is 5.02 Å². The highest BCUT2D eigenvalue weighted by Crippen LogP contribution is 2.32. The first-order valence-corrected chi connectivity index (χ1v) is 12.6. The first-order valence-electron chi connectivity index (χ1n) is 11.1. The van der Waals surface area contributed by atoms with Gasteiger partial charge in [0.25, 0.3) is 5.91 Å². The van der Waals surface area contributed by atoms with E-state index in [1.54, 1.807) is 36.2 Å². The summed E-state index contributed by atoms with van der Waals surface area (Å²) < 4.78 is 8.21. The van der Waals surface area contributed by atoms with Crippen LogP contribution >= 0.6 is 39.7 Å². The quantitative estimate of drug-likeness (QED) is 0.339. The van der Waals surface area contributed by atoms with Crippen molar-refractivity contribution in [1.29, 1.82) is 0 Å². The van der Waals surface area contributed by atoms with Gasteiger partial charge in [-0.15, -0.1) is 0 Å². The molecule has 5 rings (SSSR count). The average Bonchev–Trinajstić information content (AvgIpc) is 3.29. The lowest BCUT2D eigenvalue weighted by Gasteiger charge is -2.27. The highest BCUT2D eigenvalue weighted by Gasteiger charge is 2.37. The van der Waals surface area contributed by atoms with Crippen LogP contribution in [0.4, 0.5) is 5.69 Å². The Hall–Kier alpha value is -2.72.